The third-order valence-electron chi connectivity index (χ3n) is 3.76. The van der Waals surface area contributed by atoms with Gasteiger partial charge in [-0.25, -0.2) is 4.39 Å². The summed E-state index contributed by atoms with van der Waals surface area (Å²) >= 11 is 0. The number of aromatic nitrogens is 2. The van der Waals surface area contributed by atoms with Crippen LogP contribution in [0.4, 0.5) is 4.39 Å². The molecule has 0 fully saturated rings. The lowest BCUT2D eigenvalue weighted by Gasteiger charge is -2.06. The van der Waals surface area contributed by atoms with Crippen molar-refractivity contribution in [3.05, 3.63) is 78.7 Å². The van der Waals surface area contributed by atoms with Gasteiger partial charge in [-0.15, -0.1) is 0 Å². The number of nitrogens with one attached hydrogen (secondary N) is 1. The van der Waals surface area contributed by atoms with E-state index in [0.717, 1.165) is 27.9 Å². The maximum Gasteiger partial charge on any atom is 0.131 e. The number of nitrogens with zero attached hydrogens (tertiary/aromatic N) is 1. The van der Waals surface area contributed by atoms with E-state index >= 15 is 0 Å². The molecule has 0 unspecified atom stereocenters. The zero-order valence-corrected chi connectivity index (χ0v) is 11.8. The Bertz CT molecular complexity index is 942. The predicted molar refractivity (Wildman–Crippen MR) is 86.9 cm³/mol. The summed E-state index contributed by atoms with van der Waals surface area (Å²) in [5.74, 6) is -0.244. The van der Waals surface area contributed by atoms with Crippen LogP contribution in [0.2, 0.25) is 0 Å². The van der Waals surface area contributed by atoms with Gasteiger partial charge < -0.3 is 4.98 Å². The maximum absolute atomic E-state index is 14.3. The van der Waals surface area contributed by atoms with Crippen LogP contribution < -0.4 is 0 Å². The van der Waals surface area contributed by atoms with Crippen LogP contribution in [0.15, 0.2) is 72.9 Å². The number of hydrogen-bond donors (Lipinski definition) is 1. The SMILES string of the molecule is Fc1ccccc1-c1c(-c2ccccc2)[nH]c2cccnc12. The quantitative estimate of drug-likeness (QED) is 0.550. The van der Waals surface area contributed by atoms with Crippen LogP contribution >= 0.6 is 0 Å². The van der Waals surface area contributed by atoms with Crippen LogP contribution in [-0.4, -0.2) is 9.97 Å². The molecule has 0 bridgehead atoms. The van der Waals surface area contributed by atoms with Gasteiger partial charge in [-0.05, 0) is 23.8 Å². The lowest BCUT2D eigenvalue weighted by Crippen LogP contribution is -1.87. The molecule has 106 valence electrons. The first-order valence-electron chi connectivity index (χ1n) is 7.11. The highest BCUT2D eigenvalue weighted by molar-refractivity contribution is 6.01. The zero-order valence-electron chi connectivity index (χ0n) is 11.8. The summed E-state index contributed by atoms with van der Waals surface area (Å²) in [6, 6.07) is 20.6. The van der Waals surface area contributed by atoms with Gasteiger partial charge in [0.25, 0.3) is 0 Å². The van der Waals surface area contributed by atoms with E-state index in [4.69, 9.17) is 0 Å². The highest BCUT2D eigenvalue weighted by Gasteiger charge is 2.18. The van der Waals surface area contributed by atoms with E-state index in [1.54, 1.807) is 18.3 Å². The smallest absolute Gasteiger partial charge is 0.131 e. The topological polar surface area (TPSA) is 28.7 Å². The molecule has 4 rings (SSSR count). The summed E-state index contributed by atoms with van der Waals surface area (Å²) in [5.41, 5.74) is 4.95. The van der Waals surface area contributed by atoms with Crippen molar-refractivity contribution >= 4 is 11.0 Å². The molecular formula is C19H13FN2. The zero-order chi connectivity index (χ0) is 14.9. The van der Waals surface area contributed by atoms with Gasteiger partial charge in [-0.3, -0.25) is 4.98 Å². The monoisotopic (exact) mass is 288 g/mol. The van der Waals surface area contributed by atoms with Crippen molar-refractivity contribution in [2.75, 3.05) is 0 Å². The first kappa shape index (κ1) is 12.8. The Morgan fingerprint density at radius 1 is 0.818 bits per heavy atom. The van der Waals surface area contributed by atoms with Gasteiger partial charge in [0.15, 0.2) is 0 Å². The van der Waals surface area contributed by atoms with Crippen LogP contribution in [-0.2, 0) is 0 Å². The number of pyridine rings is 1. The second-order valence-corrected chi connectivity index (χ2v) is 5.12. The van der Waals surface area contributed by atoms with Crippen molar-refractivity contribution < 1.29 is 4.39 Å². The summed E-state index contributed by atoms with van der Waals surface area (Å²) < 4.78 is 14.3. The standard InChI is InChI=1S/C19H13FN2/c20-15-10-5-4-9-14(15)17-18(13-7-2-1-3-8-13)22-16-11-6-12-21-19(16)17/h1-12,22H. The second kappa shape index (κ2) is 5.11. The van der Waals surface area contributed by atoms with Crippen molar-refractivity contribution in [1.29, 1.82) is 0 Å². The molecule has 2 heterocycles. The summed E-state index contributed by atoms with van der Waals surface area (Å²) in [7, 11) is 0. The van der Waals surface area contributed by atoms with Crippen molar-refractivity contribution in [2.24, 2.45) is 0 Å². The fraction of sp³-hybridized carbons (Fsp3) is 0. The maximum atomic E-state index is 14.3. The van der Waals surface area contributed by atoms with Crippen LogP contribution in [0.1, 0.15) is 0 Å². The minimum Gasteiger partial charge on any atom is -0.353 e. The third kappa shape index (κ3) is 1.99. The van der Waals surface area contributed by atoms with E-state index in [-0.39, 0.29) is 5.82 Å². The number of aromatic amines is 1. The molecule has 4 aromatic rings. The molecule has 0 radical (unpaired) electrons. The Hall–Kier alpha value is -2.94. The van der Waals surface area contributed by atoms with Gasteiger partial charge in [-0.1, -0.05) is 48.5 Å². The second-order valence-electron chi connectivity index (χ2n) is 5.12. The van der Waals surface area contributed by atoms with Crippen LogP contribution in [0.25, 0.3) is 33.4 Å². The lowest BCUT2D eigenvalue weighted by atomic mass is 10.00. The summed E-state index contributed by atoms with van der Waals surface area (Å²) in [6.07, 6.45) is 1.73. The fourth-order valence-electron chi connectivity index (χ4n) is 2.77. The number of benzene rings is 2. The molecule has 0 saturated heterocycles. The molecule has 0 aliphatic heterocycles. The lowest BCUT2D eigenvalue weighted by molar-refractivity contribution is 0.631. The fourth-order valence-corrected chi connectivity index (χ4v) is 2.77. The first-order chi connectivity index (χ1) is 10.8. The van der Waals surface area contributed by atoms with E-state index in [1.807, 2.05) is 48.5 Å². The molecule has 0 aliphatic rings. The molecule has 0 saturated carbocycles. The largest absolute Gasteiger partial charge is 0.353 e. The minimum absolute atomic E-state index is 0.244. The molecule has 0 atom stereocenters. The molecule has 2 aromatic heterocycles. The first-order valence-corrected chi connectivity index (χ1v) is 7.11. The van der Waals surface area contributed by atoms with Gasteiger partial charge in [0.2, 0.25) is 0 Å². The Labute approximate surface area is 127 Å². The van der Waals surface area contributed by atoms with Gasteiger partial charge in [-0.2, -0.15) is 0 Å². The van der Waals surface area contributed by atoms with Crippen LogP contribution in [0.5, 0.6) is 0 Å². The average Bonchev–Trinajstić information content (AvgIpc) is 2.95. The van der Waals surface area contributed by atoms with E-state index in [1.165, 1.54) is 6.07 Å². The number of rotatable bonds is 2. The molecule has 0 spiro atoms. The van der Waals surface area contributed by atoms with Crippen LogP contribution in [0.3, 0.4) is 0 Å². The number of H-pyrrole nitrogens is 1. The number of fused-ring (bicyclic) bond motifs is 1. The van der Waals surface area contributed by atoms with E-state index < -0.39 is 0 Å². The summed E-state index contributed by atoms with van der Waals surface area (Å²) in [5, 5.41) is 0. The summed E-state index contributed by atoms with van der Waals surface area (Å²) in [4.78, 5) is 7.82. The van der Waals surface area contributed by atoms with Gasteiger partial charge in [0.05, 0.1) is 16.7 Å². The molecule has 2 nitrogen and oxygen atoms in total. The highest BCUT2D eigenvalue weighted by atomic mass is 19.1. The molecule has 0 aliphatic carbocycles. The van der Waals surface area contributed by atoms with Crippen molar-refractivity contribution in [3.63, 3.8) is 0 Å². The number of halogens is 1. The molecule has 0 amide bonds. The van der Waals surface area contributed by atoms with E-state index in [0.29, 0.717) is 5.56 Å². The van der Waals surface area contributed by atoms with Gasteiger partial charge in [0.1, 0.15) is 5.82 Å². The van der Waals surface area contributed by atoms with E-state index in [9.17, 15) is 4.39 Å². The van der Waals surface area contributed by atoms with E-state index in [2.05, 4.69) is 9.97 Å². The predicted octanol–water partition coefficient (Wildman–Crippen LogP) is 5.04. The third-order valence-corrected chi connectivity index (χ3v) is 3.76. The van der Waals surface area contributed by atoms with Gasteiger partial charge >= 0.3 is 0 Å². The molecule has 22 heavy (non-hydrogen) atoms. The van der Waals surface area contributed by atoms with Gasteiger partial charge in [0, 0.05) is 17.3 Å². The Morgan fingerprint density at radius 2 is 1.59 bits per heavy atom. The van der Waals surface area contributed by atoms with Crippen molar-refractivity contribution in [3.8, 4) is 22.4 Å². The van der Waals surface area contributed by atoms with Crippen LogP contribution in [0, 0.1) is 5.82 Å². The Kier molecular flexibility index (Phi) is 2.97. The highest BCUT2D eigenvalue weighted by Crippen LogP contribution is 2.38. The number of hydrogen-bond acceptors (Lipinski definition) is 1. The molecule has 1 N–H and O–H groups in total. The summed E-state index contributed by atoms with van der Waals surface area (Å²) in [6.45, 7) is 0. The normalized spacial score (nSPS) is 11.0. The van der Waals surface area contributed by atoms with Crippen molar-refractivity contribution in [2.45, 2.75) is 0 Å². The van der Waals surface area contributed by atoms with Crippen molar-refractivity contribution in [1.82, 2.24) is 9.97 Å². The average molecular weight is 288 g/mol. The Balaban J connectivity index is 2.10. The molecule has 3 heteroatoms. The molecular weight excluding hydrogens is 275 g/mol. The molecule has 2 aromatic carbocycles. The Morgan fingerprint density at radius 3 is 2.41 bits per heavy atom. The minimum atomic E-state index is -0.244.